The van der Waals surface area contributed by atoms with E-state index in [0.717, 1.165) is 5.38 Å². The average Bonchev–Trinajstić information content (AvgIpc) is 2.32. The van der Waals surface area contributed by atoms with Crippen molar-refractivity contribution in [2.75, 3.05) is 0 Å². The predicted molar refractivity (Wildman–Crippen MR) is 46.4 cm³/mol. The van der Waals surface area contributed by atoms with Crippen molar-refractivity contribution in [1.29, 1.82) is 5.26 Å². The summed E-state index contributed by atoms with van der Waals surface area (Å²) < 4.78 is 5.30. The van der Waals surface area contributed by atoms with Gasteiger partial charge in [-0.3, -0.25) is 0 Å². The Labute approximate surface area is 67.5 Å². The minimum Gasteiger partial charge on any atom is -0.456 e. The summed E-state index contributed by atoms with van der Waals surface area (Å²) in [5, 5.41) is 9.48. The Morgan fingerprint density at radius 2 is 2.00 bits per heavy atom. The van der Waals surface area contributed by atoms with E-state index in [1.165, 1.54) is 0 Å². The van der Waals surface area contributed by atoms with Gasteiger partial charge in [-0.1, -0.05) is 19.6 Å². The number of nitrogens with zero attached hydrogens (tertiary/aromatic N) is 1. The molecule has 0 aliphatic rings. The summed E-state index contributed by atoms with van der Waals surface area (Å²) in [5.41, 5.74) is 0. The fourth-order valence-corrected chi connectivity index (χ4v) is 1.80. The van der Waals surface area contributed by atoms with Crippen molar-refractivity contribution in [3.8, 4) is 6.07 Å². The van der Waals surface area contributed by atoms with Crippen molar-refractivity contribution >= 4 is 13.5 Å². The number of hydrogen-bond acceptors (Lipinski definition) is 2. The average molecular weight is 165 g/mol. The van der Waals surface area contributed by atoms with Gasteiger partial charge in [-0.25, -0.2) is 0 Å². The molecule has 0 N–H and O–H groups in total. The maximum absolute atomic E-state index is 8.49. The fourth-order valence-electron chi connectivity index (χ4n) is 0.801. The van der Waals surface area contributed by atoms with Gasteiger partial charge < -0.3 is 4.42 Å². The number of furan rings is 1. The lowest BCUT2D eigenvalue weighted by atomic mass is 10.5. The Balaban J connectivity index is 3.01. The Morgan fingerprint density at radius 3 is 2.27 bits per heavy atom. The standard InChI is InChI=1S/C8H11NOSi/c1-11(2,3)8-5-4-7(6-9)10-8/h4-5H,1-3H3. The number of nitriles is 1. The molecule has 0 spiro atoms. The predicted octanol–water partition coefficient (Wildman–Crippen LogP) is 1.70. The lowest BCUT2D eigenvalue weighted by Gasteiger charge is -2.10. The van der Waals surface area contributed by atoms with Gasteiger partial charge in [-0.05, 0) is 12.1 Å². The van der Waals surface area contributed by atoms with Gasteiger partial charge in [0, 0.05) is 0 Å². The van der Waals surface area contributed by atoms with Crippen LogP contribution in [0, 0.1) is 11.3 Å². The molecule has 0 fully saturated rings. The zero-order valence-corrected chi connectivity index (χ0v) is 8.01. The van der Waals surface area contributed by atoms with E-state index in [4.69, 9.17) is 9.68 Å². The second kappa shape index (κ2) is 2.55. The largest absolute Gasteiger partial charge is 0.456 e. The van der Waals surface area contributed by atoms with Crippen molar-refractivity contribution in [3.63, 3.8) is 0 Å². The molecule has 1 rings (SSSR count). The van der Waals surface area contributed by atoms with Crippen LogP contribution in [0.5, 0.6) is 0 Å². The summed E-state index contributed by atoms with van der Waals surface area (Å²) in [7, 11) is -1.35. The van der Waals surface area contributed by atoms with Crippen molar-refractivity contribution in [2.24, 2.45) is 0 Å². The molecular weight excluding hydrogens is 154 g/mol. The van der Waals surface area contributed by atoms with Gasteiger partial charge in [0.15, 0.2) is 0 Å². The lowest BCUT2D eigenvalue weighted by Crippen LogP contribution is -2.36. The zero-order chi connectivity index (χ0) is 8.48. The fraction of sp³-hybridized carbons (Fsp3) is 0.375. The first kappa shape index (κ1) is 8.09. The van der Waals surface area contributed by atoms with E-state index in [2.05, 4.69) is 19.6 Å². The van der Waals surface area contributed by atoms with E-state index < -0.39 is 8.07 Å². The highest BCUT2D eigenvalue weighted by molar-refractivity contribution is 6.87. The van der Waals surface area contributed by atoms with Crippen molar-refractivity contribution in [3.05, 3.63) is 17.9 Å². The molecule has 1 aromatic rings. The lowest BCUT2D eigenvalue weighted by molar-refractivity contribution is 0.582. The Bertz CT molecular complexity index is 290. The van der Waals surface area contributed by atoms with Crippen molar-refractivity contribution < 1.29 is 4.42 Å². The topological polar surface area (TPSA) is 36.9 Å². The van der Waals surface area contributed by atoms with E-state index in [1.807, 2.05) is 12.1 Å². The highest BCUT2D eigenvalue weighted by atomic mass is 28.3. The van der Waals surface area contributed by atoms with E-state index in [-0.39, 0.29) is 0 Å². The summed E-state index contributed by atoms with van der Waals surface area (Å²) in [6.45, 7) is 6.56. The summed E-state index contributed by atoms with van der Waals surface area (Å²) in [5.74, 6) is 0.419. The molecule has 0 aliphatic carbocycles. The van der Waals surface area contributed by atoms with Crippen LogP contribution >= 0.6 is 0 Å². The molecule has 3 heteroatoms. The molecule has 0 saturated heterocycles. The van der Waals surface area contributed by atoms with Crippen LogP contribution in [0.3, 0.4) is 0 Å². The quantitative estimate of drug-likeness (QED) is 0.594. The highest BCUT2D eigenvalue weighted by Crippen LogP contribution is 2.05. The second-order valence-corrected chi connectivity index (χ2v) is 8.52. The smallest absolute Gasteiger partial charge is 0.202 e. The van der Waals surface area contributed by atoms with Crippen molar-refractivity contribution in [1.82, 2.24) is 0 Å². The minimum absolute atomic E-state index is 0.419. The molecule has 1 aromatic heterocycles. The monoisotopic (exact) mass is 165 g/mol. The van der Waals surface area contributed by atoms with Gasteiger partial charge in [-0.15, -0.1) is 0 Å². The third-order valence-electron chi connectivity index (χ3n) is 1.46. The van der Waals surface area contributed by atoms with E-state index in [0.29, 0.717) is 5.76 Å². The Hall–Kier alpha value is -1.01. The molecular formula is C8H11NOSi. The molecule has 0 atom stereocenters. The van der Waals surface area contributed by atoms with Crippen LogP contribution in [-0.2, 0) is 0 Å². The molecule has 0 amide bonds. The van der Waals surface area contributed by atoms with Gasteiger partial charge in [0.05, 0.1) is 5.38 Å². The first-order chi connectivity index (χ1) is 5.04. The van der Waals surface area contributed by atoms with Gasteiger partial charge in [0.1, 0.15) is 14.1 Å². The number of hydrogen-bond donors (Lipinski definition) is 0. The molecule has 11 heavy (non-hydrogen) atoms. The molecule has 58 valence electrons. The van der Waals surface area contributed by atoms with Gasteiger partial charge in [-0.2, -0.15) is 5.26 Å². The van der Waals surface area contributed by atoms with Gasteiger partial charge in [0.25, 0.3) is 0 Å². The molecule has 2 nitrogen and oxygen atoms in total. The number of rotatable bonds is 1. The maximum atomic E-state index is 8.49. The van der Waals surface area contributed by atoms with Crippen LogP contribution in [0.15, 0.2) is 16.5 Å². The van der Waals surface area contributed by atoms with Crippen LogP contribution in [0.1, 0.15) is 5.76 Å². The van der Waals surface area contributed by atoms with E-state index >= 15 is 0 Å². The van der Waals surface area contributed by atoms with Crippen LogP contribution < -0.4 is 5.38 Å². The molecule has 1 heterocycles. The van der Waals surface area contributed by atoms with Crippen molar-refractivity contribution in [2.45, 2.75) is 19.6 Å². The summed E-state index contributed by atoms with van der Waals surface area (Å²) in [4.78, 5) is 0. The molecule has 0 aliphatic heterocycles. The van der Waals surface area contributed by atoms with E-state index in [1.54, 1.807) is 6.07 Å². The highest BCUT2D eigenvalue weighted by Gasteiger charge is 2.20. The van der Waals surface area contributed by atoms with Crippen LogP contribution in [-0.4, -0.2) is 8.07 Å². The summed E-state index contributed by atoms with van der Waals surface area (Å²) >= 11 is 0. The maximum Gasteiger partial charge on any atom is 0.202 e. The molecule has 0 aromatic carbocycles. The summed E-state index contributed by atoms with van der Waals surface area (Å²) in [6.07, 6.45) is 0. The third-order valence-corrected chi connectivity index (χ3v) is 3.20. The Morgan fingerprint density at radius 1 is 1.36 bits per heavy atom. The first-order valence-corrected chi connectivity index (χ1v) is 7.04. The zero-order valence-electron chi connectivity index (χ0n) is 7.01. The molecule has 0 saturated carbocycles. The van der Waals surface area contributed by atoms with E-state index in [9.17, 15) is 0 Å². The van der Waals surface area contributed by atoms with Crippen LogP contribution in [0.25, 0.3) is 0 Å². The minimum atomic E-state index is -1.35. The first-order valence-electron chi connectivity index (χ1n) is 3.54. The SMILES string of the molecule is C[Si](C)(C)c1ccc(C#N)o1. The molecule has 0 radical (unpaired) electrons. The van der Waals surface area contributed by atoms with Gasteiger partial charge in [0.2, 0.25) is 5.76 Å². The third kappa shape index (κ3) is 1.72. The second-order valence-electron chi connectivity index (χ2n) is 3.53. The van der Waals surface area contributed by atoms with Crippen LogP contribution in [0.4, 0.5) is 0 Å². The molecule has 0 bridgehead atoms. The Kier molecular flexibility index (Phi) is 1.88. The summed E-state index contributed by atoms with van der Waals surface area (Å²) in [6, 6.07) is 5.61. The molecule has 0 unspecified atom stereocenters. The normalized spacial score (nSPS) is 11.1. The van der Waals surface area contributed by atoms with Gasteiger partial charge >= 0.3 is 0 Å². The van der Waals surface area contributed by atoms with Crippen LogP contribution in [0.2, 0.25) is 19.6 Å².